The first-order chi connectivity index (χ1) is 9.79. The van der Waals surface area contributed by atoms with E-state index in [1.165, 1.54) is 0 Å². The second-order valence-corrected chi connectivity index (χ2v) is 6.77. The van der Waals surface area contributed by atoms with Crippen molar-refractivity contribution in [2.24, 2.45) is 5.73 Å². The van der Waals surface area contributed by atoms with Gasteiger partial charge in [0.15, 0.2) is 0 Å². The van der Waals surface area contributed by atoms with Gasteiger partial charge in [-0.05, 0) is 38.0 Å². The summed E-state index contributed by atoms with van der Waals surface area (Å²) in [7, 11) is 0. The van der Waals surface area contributed by atoms with Crippen LogP contribution >= 0.6 is 35.6 Å². The summed E-state index contributed by atoms with van der Waals surface area (Å²) in [5, 5.41) is 8.85. The third-order valence-corrected chi connectivity index (χ3v) is 3.29. The van der Waals surface area contributed by atoms with Crippen LogP contribution in [-0.2, 0) is 11.2 Å². The van der Waals surface area contributed by atoms with E-state index in [4.69, 9.17) is 34.0 Å². The molecule has 0 aromatic heterocycles. The zero-order valence-electron chi connectivity index (χ0n) is 12.7. The van der Waals surface area contributed by atoms with Gasteiger partial charge in [0, 0.05) is 29.5 Å². The largest absolute Gasteiger partial charge is 0.480 e. The van der Waals surface area contributed by atoms with Crippen molar-refractivity contribution in [2.45, 2.75) is 37.1 Å². The topological polar surface area (TPSA) is 66.6 Å². The lowest BCUT2D eigenvalue weighted by atomic mass is 10.1. The number of halogens is 3. The lowest BCUT2D eigenvalue weighted by Gasteiger charge is -2.27. The van der Waals surface area contributed by atoms with E-state index in [0.29, 0.717) is 19.5 Å². The number of nitrogens with two attached hydrogens (primary N) is 1. The Morgan fingerprint density at radius 2 is 1.64 bits per heavy atom. The minimum Gasteiger partial charge on any atom is -0.480 e. The quantitative estimate of drug-likeness (QED) is 0.691. The van der Waals surface area contributed by atoms with Gasteiger partial charge in [0.1, 0.15) is 6.04 Å². The molecule has 22 heavy (non-hydrogen) atoms. The van der Waals surface area contributed by atoms with Crippen LogP contribution in [0.15, 0.2) is 24.3 Å². The SMILES string of the molecule is CC(Cl)CN(CC(C)Cl)c1ccc(CC(N)C(=O)O)cc1.Cl. The van der Waals surface area contributed by atoms with Gasteiger partial charge in [-0.1, -0.05) is 12.1 Å². The molecule has 0 aliphatic carbocycles. The van der Waals surface area contributed by atoms with E-state index in [0.717, 1.165) is 11.3 Å². The predicted molar refractivity (Wildman–Crippen MR) is 95.8 cm³/mol. The van der Waals surface area contributed by atoms with Crippen LogP contribution in [-0.4, -0.2) is 41.0 Å². The Morgan fingerprint density at radius 1 is 1.18 bits per heavy atom. The Labute approximate surface area is 148 Å². The highest BCUT2D eigenvalue weighted by Crippen LogP contribution is 2.19. The van der Waals surface area contributed by atoms with Crippen LogP contribution in [0.3, 0.4) is 0 Å². The van der Waals surface area contributed by atoms with Crippen molar-refractivity contribution < 1.29 is 9.90 Å². The summed E-state index contributed by atoms with van der Waals surface area (Å²) in [6.45, 7) is 5.28. The normalized spacial score (nSPS) is 14.6. The zero-order chi connectivity index (χ0) is 16.0. The summed E-state index contributed by atoms with van der Waals surface area (Å²) in [5.74, 6) is -0.993. The highest BCUT2D eigenvalue weighted by Gasteiger charge is 2.14. The number of hydrogen-bond donors (Lipinski definition) is 2. The summed E-state index contributed by atoms with van der Waals surface area (Å²) in [6.07, 6.45) is 0.313. The van der Waals surface area contributed by atoms with Crippen molar-refractivity contribution >= 4 is 47.3 Å². The van der Waals surface area contributed by atoms with Crippen molar-refractivity contribution in [3.05, 3.63) is 29.8 Å². The van der Waals surface area contributed by atoms with Gasteiger partial charge in [-0.25, -0.2) is 0 Å². The maximum absolute atomic E-state index is 10.8. The number of anilines is 1. The van der Waals surface area contributed by atoms with Gasteiger partial charge in [0.05, 0.1) is 0 Å². The second-order valence-electron chi connectivity index (χ2n) is 5.28. The average molecular weight is 370 g/mol. The highest BCUT2D eigenvalue weighted by atomic mass is 35.5. The number of rotatable bonds is 8. The molecule has 0 spiro atoms. The Bertz CT molecular complexity index is 443. The first-order valence-corrected chi connectivity index (χ1v) is 7.77. The minimum atomic E-state index is -0.993. The average Bonchev–Trinajstić information content (AvgIpc) is 2.37. The minimum absolute atomic E-state index is 0. The van der Waals surface area contributed by atoms with E-state index in [1.54, 1.807) is 0 Å². The molecule has 1 rings (SSSR count). The van der Waals surface area contributed by atoms with E-state index in [2.05, 4.69) is 4.90 Å². The third kappa shape index (κ3) is 7.54. The predicted octanol–water partition coefficient (Wildman–Crippen LogP) is 3.12. The molecular formula is C15H23Cl3N2O2. The molecule has 3 N–H and O–H groups in total. The van der Waals surface area contributed by atoms with E-state index < -0.39 is 12.0 Å². The van der Waals surface area contributed by atoms with Gasteiger partial charge >= 0.3 is 5.97 Å². The van der Waals surface area contributed by atoms with Crippen molar-refractivity contribution in [3.8, 4) is 0 Å². The van der Waals surface area contributed by atoms with E-state index >= 15 is 0 Å². The Hall–Kier alpha value is -0.680. The zero-order valence-corrected chi connectivity index (χ0v) is 15.0. The Balaban J connectivity index is 0.00000441. The lowest BCUT2D eigenvalue weighted by molar-refractivity contribution is -0.138. The standard InChI is InChI=1S/C15H22Cl2N2O2.ClH/c1-10(16)8-19(9-11(2)17)13-5-3-12(4-6-13)7-14(18)15(20)21;/h3-6,10-11,14H,7-9,18H2,1-2H3,(H,20,21);1H. The number of carboxylic acid groups (broad SMARTS) is 1. The summed E-state index contributed by atoms with van der Waals surface area (Å²) < 4.78 is 0. The molecular weight excluding hydrogens is 347 g/mol. The molecule has 3 atom stereocenters. The van der Waals surface area contributed by atoms with Crippen molar-refractivity contribution in [2.75, 3.05) is 18.0 Å². The van der Waals surface area contributed by atoms with E-state index in [9.17, 15) is 4.79 Å². The molecule has 0 aliphatic rings. The molecule has 0 aliphatic heterocycles. The maximum atomic E-state index is 10.8. The van der Waals surface area contributed by atoms with E-state index in [-0.39, 0.29) is 23.2 Å². The number of benzene rings is 1. The van der Waals surface area contributed by atoms with Crippen LogP contribution in [0, 0.1) is 0 Å². The first kappa shape index (κ1) is 21.3. The second kappa shape index (κ2) is 10.2. The number of alkyl halides is 2. The molecule has 1 aromatic rings. The molecule has 0 radical (unpaired) electrons. The van der Waals surface area contributed by atoms with Gasteiger partial charge in [0.2, 0.25) is 0 Å². The number of nitrogens with zero attached hydrogens (tertiary/aromatic N) is 1. The van der Waals surface area contributed by atoms with E-state index in [1.807, 2.05) is 38.1 Å². The van der Waals surface area contributed by atoms with Crippen LogP contribution in [0.4, 0.5) is 5.69 Å². The van der Waals surface area contributed by atoms with Crippen LogP contribution < -0.4 is 10.6 Å². The number of carboxylic acids is 1. The van der Waals surface area contributed by atoms with Crippen molar-refractivity contribution in [1.82, 2.24) is 0 Å². The first-order valence-electron chi connectivity index (χ1n) is 6.90. The van der Waals surface area contributed by atoms with Crippen molar-refractivity contribution in [1.29, 1.82) is 0 Å². The summed E-state index contributed by atoms with van der Waals surface area (Å²) in [4.78, 5) is 12.9. The fourth-order valence-corrected chi connectivity index (χ4v) is 2.41. The summed E-state index contributed by atoms with van der Waals surface area (Å²) >= 11 is 12.1. The molecule has 0 fully saturated rings. The Morgan fingerprint density at radius 3 is 2.00 bits per heavy atom. The lowest BCUT2D eigenvalue weighted by Crippen LogP contribution is -2.33. The highest BCUT2D eigenvalue weighted by molar-refractivity contribution is 6.21. The van der Waals surface area contributed by atoms with Crippen LogP contribution in [0.2, 0.25) is 0 Å². The van der Waals surface area contributed by atoms with Crippen LogP contribution in [0.25, 0.3) is 0 Å². The molecule has 7 heteroatoms. The van der Waals surface area contributed by atoms with Crippen LogP contribution in [0.5, 0.6) is 0 Å². The molecule has 0 saturated carbocycles. The maximum Gasteiger partial charge on any atom is 0.320 e. The molecule has 3 unspecified atom stereocenters. The summed E-state index contributed by atoms with van der Waals surface area (Å²) in [5.41, 5.74) is 7.44. The summed E-state index contributed by atoms with van der Waals surface area (Å²) in [6, 6.07) is 6.80. The molecule has 0 bridgehead atoms. The molecule has 0 heterocycles. The third-order valence-electron chi connectivity index (χ3n) is 3.02. The molecule has 0 amide bonds. The fourth-order valence-electron chi connectivity index (χ4n) is 2.08. The molecule has 126 valence electrons. The molecule has 1 aromatic carbocycles. The number of hydrogen-bond acceptors (Lipinski definition) is 3. The molecule has 4 nitrogen and oxygen atoms in total. The Kier molecular flexibility index (Phi) is 9.85. The van der Waals surface area contributed by atoms with Gasteiger partial charge in [0.25, 0.3) is 0 Å². The number of carbonyl (C=O) groups is 1. The van der Waals surface area contributed by atoms with Crippen LogP contribution in [0.1, 0.15) is 19.4 Å². The number of aliphatic carboxylic acids is 1. The fraction of sp³-hybridized carbons (Fsp3) is 0.533. The smallest absolute Gasteiger partial charge is 0.320 e. The van der Waals surface area contributed by atoms with Gasteiger partial charge in [-0.15, -0.1) is 35.6 Å². The monoisotopic (exact) mass is 368 g/mol. The van der Waals surface area contributed by atoms with Gasteiger partial charge in [-0.3, -0.25) is 4.79 Å². The van der Waals surface area contributed by atoms with Gasteiger partial charge < -0.3 is 15.7 Å². The van der Waals surface area contributed by atoms with Gasteiger partial charge in [-0.2, -0.15) is 0 Å². The van der Waals surface area contributed by atoms with Crippen molar-refractivity contribution in [3.63, 3.8) is 0 Å². The molecule has 0 saturated heterocycles.